The summed E-state index contributed by atoms with van der Waals surface area (Å²) in [4.78, 5) is 22.0. The lowest BCUT2D eigenvalue weighted by Crippen LogP contribution is -2.26. The molecule has 2 N–H and O–H groups in total. The number of halogens is 1. The van der Waals surface area contributed by atoms with Crippen molar-refractivity contribution >= 4 is 23.5 Å². The fourth-order valence-corrected chi connectivity index (χ4v) is 1.41. The molecule has 1 aromatic rings. The van der Waals surface area contributed by atoms with Crippen LogP contribution in [0.5, 0.6) is 0 Å². The van der Waals surface area contributed by atoms with Gasteiger partial charge in [-0.1, -0.05) is 35.6 Å². The SMILES string of the molecule is O=C1NC(=O)C(C#Cc2ccccc2Cl)N1. The number of hydrogen-bond donors (Lipinski definition) is 2. The highest BCUT2D eigenvalue weighted by Crippen LogP contribution is 2.13. The molecule has 1 heterocycles. The molecule has 5 heteroatoms. The molecule has 0 saturated carbocycles. The molecule has 1 atom stereocenters. The molecule has 0 spiro atoms. The Hall–Kier alpha value is -1.99. The van der Waals surface area contributed by atoms with Gasteiger partial charge in [-0.2, -0.15) is 0 Å². The maximum absolute atomic E-state index is 11.2. The van der Waals surface area contributed by atoms with E-state index >= 15 is 0 Å². The van der Waals surface area contributed by atoms with Gasteiger partial charge in [0, 0.05) is 5.56 Å². The number of rotatable bonds is 0. The Balaban J connectivity index is 2.20. The van der Waals surface area contributed by atoms with Crippen LogP contribution in [0.15, 0.2) is 24.3 Å². The summed E-state index contributed by atoms with van der Waals surface area (Å²) >= 11 is 5.88. The standard InChI is InChI=1S/C11H7ClN2O2/c12-8-4-2-1-3-7(8)5-6-9-10(15)14-11(16)13-9/h1-4,9H,(H2,13,14,15,16). The second kappa shape index (κ2) is 4.25. The number of carbonyl (C=O) groups excluding carboxylic acids is 2. The van der Waals surface area contributed by atoms with Gasteiger partial charge in [0.2, 0.25) is 0 Å². The van der Waals surface area contributed by atoms with E-state index in [-0.39, 0.29) is 0 Å². The maximum atomic E-state index is 11.2. The number of benzene rings is 1. The fraction of sp³-hybridized carbons (Fsp3) is 0.0909. The Morgan fingerprint density at radius 3 is 2.62 bits per heavy atom. The quantitative estimate of drug-likeness (QED) is 0.518. The van der Waals surface area contributed by atoms with Gasteiger partial charge in [-0.05, 0) is 12.1 Å². The molecule has 0 bridgehead atoms. The van der Waals surface area contributed by atoms with Crippen molar-refractivity contribution in [2.24, 2.45) is 0 Å². The van der Waals surface area contributed by atoms with Gasteiger partial charge in [0.15, 0.2) is 6.04 Å². The topological polar surface area (TPSA) is 58.2 Å². The van der Waals surface area contributed by atoms with Gasteiger partial charge < -0.3 is 5.32 Å². The second-order valence-electron chi connectivity index (χ2n) is 3.14. The number of hydrogen-bond acceptors (Lipinski definition) is 2. The zero-order valence-electron chi connectivity index (χ0n) is 8.08. The van der Waals surface area contributed by atoms with Crippen molar-refractivity contribution in [3.05, 3.63) is 34.9 Å². The highest BCUT2D eigenvalue weighted by atomic mass is 35.5. The van der Waals surface area contributed by atoms with E-state index in [0.717, 1.165) is 0 Å². The van der Waals surface area contributed by atoms with Crippen LogP contribution in [0.2, 0.25) is 5.02 Å². The monoisotopic (exact) mass is 234 g/mol. The third kappa shape index (κ3) is 2.15. The summed E-state index contributed by atoms with van der Waals surface area (Å²) in [6.45, 7) is 0. The predicted octanol–water partition coefficient (Wildman–Crippen LogP) is 0.900. The Labute approximate surface area is 97.0 Å². The summed E-state index contributed by atoms with van der Waals surface area (Å²) in [5, 5.41) is 4.98. The minimum absolute atomic E-state index is 0.440. The lowest BCUT2D eigenvalue weighted by atomic mass is 10.2. The van der Waals surface area contributed by atoms with Crippen molar-refractivity contribution in [3.63, 3.8) is 0 Å². The Bertz CT molecular complexity index is 516. The van der Waals surface area contributed by atoms with Crippen LogP contribution < -0.4 is 10.6 Å². The molecule has 1 unspecified atom stereocenters. The van der Waals surface area contributed by atoms with Gasteiger partial charge in [0.1, 0.15) is 0 Å². The molecule has 80 valence electrons. The van der Waals surface area contributed by atoms with Crippen LogP contribution in [-0.4, -0.2) is 18.0 Å². The summed E-state index contributed by atoms with van der Waals surface area (Å²) in [7, 11) is 0. The van der Waals surface area contributed by atoms with Crippen LogP contribution in [0.4, 0.5) is 4.79 Å². The van der Waals surface area contributed by atoms with Crippen LogP contribution in [0.3, 0.4) is 0 Å². The normalized spacial score (nSPS) is 18.4. The highest BCUT2D eigenvalue weighted by molar-refractivity contribution is 6.31. The van der Waals surface area contributed by atoms with Crippen molar-refractivity contribution in [2.45, 2.75) is 6.04 Å². The third-order valence-corrected chi connectivity index (χ3v) is 2.33. The molecule has 0 aromatic heterocycles. The molecule has 1 fully saturated rings. The molecule has 16 heavy (non-hydrogen) atoms. The minimum atomic E-state index is -0.802. The van der Waals surface area contributed by atoms with E-state index < -0.39 is 18.0 Å². The van der Waals surface area contributed by atoms with Gasteiger partial charge in [-0.15, -0.1) is 0 Å². The molecule has 1 saturated heterocycles. The fourth-order valence-electron chi connectivity index (χ4n) is 1.23. The first-order chi connectivity index (χ1) is 7.66. The molecular weight excluding hydrogens is 228 g/mol. The van der Waals surface area contributed by atoms with Gasteiger partial charge in [0.05, 0.1) is 5.02 Å². The Morgan fingerprint density at radius 1 is 1.25 bits per heavy atom. The molecule has 3 amide bonds. The van der Waals surface area contributed by atoms with E-state index in [2.05, 4.69) is 22.5 Å². The molecular formula is C11H7ClN2O2. The van der Waals surface area contributed by atoms with Crippen molar-refractivity contribution in [1.82, 2.24) is 10.6 Å². The number of imide groups is 1. The zero-order chi connectivity index (χ0) is 11.5. The van der Waals surface area contributed by atoms with E-state index in [1.807, 2.05) is 0 Å². The summed E-state index contributed by atoms with van der Waals surface area (Å²) in [5.41, 5.74) is 0.623. The summed E-state index contributed by atoms with van der Waals surface area (Å²) in [6.07, 6.45) is 0. The van der Waals surface area contributed by atoms with Crippen molar-refractivity contribution in [1.29, 1.82) is 0 Å². The first-order valence-electron chi connectivity index (χ1n) is 4.54. The Morgan fingerprint density at radius 2 is 2.00 bits per heavy atom. The molecule has 0 aliphatic carbocycles. The average Bonchev–Trinajstić information content (AvgIpc) is 2.56. The number of amides is 3. The largest absolute Gasteiger partial charge is 0.322 e. The van der Waals surface area contributed by atoms with Gasteiger partial charge in [-0.3, -0.25) is 10.1 Å². The van der Waals surface area contributed by atoms with E-state index in [4.69, 9.17) is 11.6 Å². The summed E-state index contributed by atoms with van der Waals surface area (Å²) in [5.74, 6) is 4.95. The smallest absolute Gasteiger partial charge is 0.316 e. The number of urea groups is 1. The van der Waals surface area contributed by atoms with Gasteiger partial charge >= 0.3 is 6.03 Å². The van der Waals surface area contributed by atoms with Crippen LogP contribution >= 0.6 is 11.6 Å². The summed E-state index contributed by atoms with van der Waals surface area (Å²) < 4.78 is 0. The molecule has 4 nitrogen and oxygen atoms in total. The average molecular weight is 235 g/mol. The van der Waals surface area contributed by atoms with E-state index in [1.54, 1.807) is 24.3 Å². The predicted molar refractivity (Wildman–Crippen MR) is 58.8 cm³/mol. The van der Waals surface area contributed by atoms with Crippen LogP contribution in [-0.2, 0) is 4.79 Å². The molecule has 2 rings (SSSR count). The van der Waals surface area contributed by atoms with Crippen molar-refractivity contribution < 1.29 is 9.59 Å². The van der Waals surface area contributed by atoms with E-state index in [0.29, 0.717) is 10.6 Å². The van der Waals surface area contributed by atoms with E-state index in [1.165, 1.54) is 0 Å². The van der Waals surface area contributed by atoms with Crippen molar-refractivity contribution in [3.8, 4) is 11.8 Å². The van der Waals surface area contributed by atoms with Crippen LogP contribution in [0.1, 0.15) is 5.56 Å². The molecule has 1 aromatic carbocycles. The minimum Gasteiger partial charge on any atom is -0.316 e. The first kappa shape index (κ1) is 10.5. The molecule has 1 aliphatic rings. The number of carbonyl (C=O) groups is 2. The highest BCUT2D eigenvalue weighted by Gasteiger charge is 2.27. The lowest BCUT2D eigenvalue weighted by molar-refractivity contribution is -0.119. The van der Waals surface area contributed by atoms with Crippen LogP contribution in [0.25, 0.3) is 0 Å². The molecule has 0 radical (unpaired) electrons. The van der Waals surface area contributed by atoms with Gasteiger partial charge in [0.25, 0.3) is 5.91 Å². The van der Waals surface area contributed by atoms with E-state index in [9.17, 15) is 9.59 Å². The number of nitrogens with one attached hydrogen (secondary N) is 2. The maximum Gasteiger partial charge on any atom is 0.322 e. The second-order valence-corrected chi connectivity index (χ2v) is 3.55. The Kier molecular flexibility index (Phi) is 2.80. The summed E-state index contributed by atoms with van der Waals surface area (Å²) in [6, 6.07) is 5.70. The van der Waals surface area contributed by atoms with Gasteiger partial charge in [-0.25, -0.2) is 4.79 Å². The molecule has 1 aliphatic heterocycles. The lowest BCUT2D eigenvalue weighted by Gasteiger charge is -1.96. The zero-order valence-corrected chi connectivity index (χ0v) is 8.84. The first-order valence-corrected chi connectivity index (χ1v) is 4.92. The van der Waals surface area contributed by atoms with Crippen molar-refractivity contribution in [2.75, 3.05) is 0 Å². The third-order valence-electron chi connectivity index (χ3n) is 2.00. The van der Waals surface area contributed by atoms with Crippen LogP contribution in [0, 0.1) is 11.8 Å².